The maximum atomic E-state index is 12.9. The number of nitrogens with one attached hydrogen (secondary N) is 2. The van der Waals surface area contributed by atoms with Gasteiger partial charge in [0.1, 0.15) is 0 Å². The Bertz CT molecular complexity index is 611. The second kappa shape index (κ2) is 9.44. The lowest BCUT2D eigenvalue weighted by Crippen LogP contribution is -2.42. The van der Waals surface area contributed by atoms with Crippen LogP contribution in [0.25, 0.3) is 0 Å². The van der Waals surface area contributed by atoms with Crippen LogP contribution in [0.15, 0.2) is 29.3 Å². The third kappa shape index (κ3) is 6.13. The zero-order valence-electron chi connectivity index (χ0n) is 16.6. The van der Waals surface area contributed by atoms with Crippen LogP contribution in [0.4, 0.5) is 13.2 Å². The average Bonchev–Trinajstić information content (AvgIpc) is 2.59. The van der Waals surface area contributed by atoms with Crippen LogP contribution in [0.1, 0.15) is 50.8 Å². The standard InChI is InChI=1S/C20H31F3N4/c1-5-24-19(26-14(2)3)25-13-16-7-6-12-27(4)18(16)15-8-10-17(11-9-15)20(21,22)23/h8-11,14,16,18H,5-7,12-13H2,1-4H3,(H2,24,25,26). The average molecular weight is 384 g/mol. The lowest BCUT2D eigenvalue weighted by molar-refractivity contribution is -0.137. The van der Waals surface area contributed by atoms with Crippen molar-refractivity contribution in [2.75, 3.05) is 26.7 Å². The Labute approximate surface area is 160 Å². The molecule has 4 nitrogen and oxygen atoms in total. The largest absolute Gasteiger partial charge is 0.416 e. The lowest BCUT2D eigenvalue weighted by Gasteiger charge is -2.39. The smallest absolute Gasteiger partial charge is 0.357 e. The van der Waals surface area contributed by atoms with Crippen molar-refractivity contribution in [2.24, 2.45) is 10.9 Å². The van der Waals surface area contributed by atoms with E-state index in [1.807, 2.05) is 14.0 Å². The number of alkyl halides is 3. The number of rotatable bonds is 5. The van der Waals surface area contributed by atoms with E-state index < -0.39 is 11.7 Å². The molecule has 0 spiro atoms. The zero-order valence-corrected chi connectivity index (χ0v) is 16.6. The Balaban J connectivity index is 2.19. The second-order valence-corrected chi connectivity index (χ2v) is 7.47. The van der Waals surface area contributed by atoms with Crippen molar-refractivity contribution in [2.45, 2.75) is 51.9 Å². The summed E-state index contributed by atoms with van der Waals surface area (Å²) in [5.74, 6) is 1.05. The zero-order chi connectivity index (χ0) is 20.0. The van der Waals surface area contributed by atoms with Crippen LogP contribution in [0.2, 0.25) is 0 Å². The summed E-state index contributed by atoms with van der Waals surface area (Å²) in [6, 6.07) is 5.95. The van der Waals surface area contributed by atoms with Gasteiger partial charge in [-0.25, -0.2) is 0 Å². The molecule has 2 unspecified atom stereocenters. The first-order valence-corrected chi connectivity index (χ1v) is 9.64. The molecule has 2 atom stereocenters. The third-order valence-corrected chi connectivity index (χ3v) is 4.84. The number of nitrogens with zero attached hydrogens (tertiary/aromatic N) is 2. The van der Waals surface area contributed by atoms with E-state index in [4.69, 9.17) is 4.99 Å². The van der Waals surface area contributed by atoms with Crippen LogP contribution < -0.4 is 10.6 Å². The molecule has 2 N–H and O–H groups in total. The van der Waals surface area contributed by atoms with Gasteiger partial charge in [-0.2, -0.15) is 13.2 Å². The number of hydrogen-bond donors (Lipinski definition) is 2. The third-order valence-electron chi connectivity index (χ3n) is 4.84. The molecule has 7 heteroatoms. The van der Waals surface area contributed by atoms with E-state index >= 15 is 0 Å². The van der Waals surface area contributed by atoms with Crippen LogP contribution in [0, 0.1) is 5.92 Å². The first kappa shape index (κ1) is 21.5. The Morgan fingerprint density at radius 3 is 2.48 bits per heavy atom. The molecule has 0 amide bonds. The highest BCUT2D eigenvalue weighted by Crippen LogP contribution is 2.37. The van der Waals surface area contributed by atoms with Gasteiger partial charge in [0.2, 0.25) is 0 Å². The molecule has 1 aliphatic heterocycles. The molecular weight excluding hydrogens is 353 g/mol. The maximum absolute atomic E-state index is 12.9. The van der Waals surface area contributed by atoms with Crippen molar-refractivity contribution in [1.29, 1.82) is 0 Å². The molecule has 1 heterocycles. The predicted molar refractivity (Wildman–Crippen MR) is 104 cm³/mol. The minimum absolute atomic E-state index is 0.0757. The molecule has 0 radical (unpaired) electrons. The highest BCUT2D eigenvalue weighted by molar-refractivity contribution is 5.79. The number of piperidine rings is 1. The predicted octanol–water partition coefficient (Wildman–Crippen LogP) is 4.05. The van der Waals surface area contributed by atoms with Gasteiger partial charge in [0.15, 0.2) is 5.96 Å². The topological polar surface area (TPSA) is 39.7 Å². The van der Waals surface area contributed by atoms with Gasteiger partial charge in [-0.1, -0.05) is 12.1 Å². The van der Waals surface area contributed by atoms with Crippen molar-refractivity contribution >= 4 is 5.96 Å². The van der Waals surface area contributed by atoms with E-state index in [0.717, 1.165) is 37.5 Å². The SMILES string of the molecule is CCNC(=NCC1CCCN(C)C1c1ccc(C(F)(F)F)cc1)NC(C)C. The highest BCUT2D eigenvalue weighted by atomic mass is 19.4. The van der Waals surface area contributed by atoms with E-state index in [0.29, 0.717) is 6.54 Å². The summed E-state index contributed by atoms with van der Waals surface area (Å²) in [5.41, 5.74) is 0.321. The fourth-order valence-corrected chi connectivity index (χ4v) is 3.65. The van der Waals surface area contributed by atoms with E-state index in [2.05, 4.69) is 29.4 Å². The molecule has 0 aliphatic carbocycles. The van der Waals surface area contributed by atoms with Gasteiger partial charge >= 0.3 is 6.18 Å². The van der Waals surface area contributed by atoms with Crippen molar-refractivity contribution < 1.29 is 13.2 Å². The van der Waals surface area contributed by atoms with E-state index in [1.54, 1.807) is 12.1 Å². The molecule has 152 valence electrons. The highest BCUT2D eigenvalue weighted by Gasteiger charge is 2.33. The van der Waals surface area contributed by atoms with Crippen molar-refractivity contribution in [3.05, 3.63) is 35.4 Å². The minimum atomic E-state index is -4.30. The Morgan fingerprint density at radius 2 is 1.93 bits per heavy atom. The van der Waals surface area contributed by atoms with Gasteiger partial charge in [0.05, 0.1) is 5.56 Å². The van der Waals surface area contributed by atoms with Gasteiger partial charge in [-0.3, -0.25) is 9.89 Å². The number of likely N-dealkylation sites (tertiary alicyclic amines) is 1. The fourth-order valence-electron chi connectivity index (χ4n) is 3.65. The monoisotopic (exact) mass is 384 g/mol. The fraction of sp³-hybridized carbons (Fsp3) is 0.650. The summed E-state index contributed by atoms with van der Waals surface area (Å²) in [4.78, 5) is 6.96. The number of benzene rings is 1. The quantitative estimate of drug-likeness (QED) is 0.594. The number of aliphatic imine (C=N–C) groups is 1. The maximum Gasteiger partial charge on any atom is 0.416 e. The Kier molecular flexibility index (Phi) is 7.53. The molecule has 2 rings (SSSR count). The van der Waals surface area contributed by atoms with Crippen LogP contribution >= 0.6 is 0 Å². The molecule has 0 aromatic heterocycles. The summed E-state index contributed by atoms with van der Waals surface area (Å²) in [6.07, 6.45) is -2.22. The summed E-state index contributed by atoms with van der Waals surface area (Å²) >= 11 is 0. The molecular formula is C20H31F3N4. The van der Waals surface area contributed by atoms with Gasteiger partial charge in [-0.15, -0.1) is 0 Å². The molecule has 1 fully saturated rings. The van der Waals surface area contributed by atoms with Crippen LogP contribution in [0.3, 0.4) is 0 Å². The summed E-state index contributed by atoms with van der Waals surface area (Å²) in [6.45, 7) is 8.51. The molecule has 0 bridgehead atoms. The Hall–Kier alpha value is -1.76. The first-order valence-electron chi connectivity index (χ1n) is 9.64. The second-order valence-electron chi connectivity index (χ2n) is 7.47. The molecule has 1 aliphatic rings. The van der Waals surface area contributed by atoms with Crippen molar-refractivity contribution in [1.82, 2.24) is 15.5 Å². The van der Waals surface area contributed by atoms with Crippen LogP contribution in [0.5, 0.6) is 0 Å². The minimum Gasteiger partial charge on any atom is -0.357 e. The van der Waals surface area contributed by atoms with Gasteiger partial charge in [-0.05, 0) is 70.8 Å². The molecule has 0 saturated carbocycles. The first-order chi connectivity index (χ1) is 12.7. The molecule has 27 heavy (non-hydrogen) atoms. The number of guanidine groups is 1. The normalized spacial score (nSPS) is 22.1. The van der Waals surface area contributed by atoms with E-state index in [9.17, 15) is 13.2 Å². The lowest BCUT2D eigenvalue weighted by atomic mass is 9.84. The van der Waals surface area contributed by atoms with Gasteiger partial charge in [0.25, 0.3) is 0 Å². The van der Waals surface area contributed by atoms with Gasteiger partial charge < -0.3 is 10.6 Å². The molecule has 1 saturated heterocycles. The van der Waals surface area contributed by atoms with Gasteiger partial charge in [0, 0.05) is 25.2 Å². The van der Waals surface area contributed by atoms with Crippen molar-refractivity contribution in [3.63, 3.8) is 0 Å². The van der Waals surface area contributed by atoms with Crippen LogP contribution in [-0.4, -0.2) is 43.6 Å². The summed E-state index contributed by atoms with van der Waals surface area (Å²) < 4.78 is 38.6. The molecule has 1 aromatic carbocycles. The molecule has 1 aromatic rings. The van der Waals surface area contributed by atoms with Crippen molar-refractivity contribution in [3.8, 4) is 0 Å². The van der Waals surface area contributed by atoms with E-state index in [-0.39, 0.29) is 18.0 Å². The van der Waals surface area contributed by atoms with Crippen LogP contribution in [-0.2, 0) is 6.18 Å². The van der Waals surface area contributed by atoms with E-state index in [1.165, 1.54) is 12.1 Å². The number of hydrogen-bond acceptors (Lipinski definition) is 2. The number of halogens is 3. The summed E-state index contributed by atoms with van der Waals surface area (Å²) in [5, 5.41) is 6.55. The summed E-state index contributed by atoms with van der Waals surface area (Å²) in [7, 11) is 2.04. The Morgan fingerprint density at radius 1 is 1.26 bits per heavy atom.